The topological polar surface area (TPSA) is 12.0 Å². The van der Waals surface area contributed by atoms with Crippen LogP contribution in [0.5, 0.6) is 0 Å². The van der Waals surface area contributed by atoms with E-state index in [1.165, 1.54) is 11.1 Å². The Kier molecular flexibility index (Phi) is 3.94. The highest BCUT2D eigenvalue weighted by atomic mass is 19.1. The quantitative estimate of drug-likeness (QED) is 0.827. The van der Waals surface area contributed by atoms with E-state index >= 15 is 0 Å². The zero-order valence-corrected chi connectivity index (χ0v) is 9.88. The molecule has 16 heavy (non-hydrogen) atoms. The molecule has 1 aromatic rings. The van der Waals surface area contributed by atoms with E-state index in [4.69, 9.17) is 0 Å². The van der Waals surface area contributed by atoms with Crippen molar-refractivity contribution in [2.75, 3.05) is 13.1 Å². The highest BCUT2D eigenvalue weighted by molar-refractivity contribution is 5.28. The van der Waals surface area contributed by atoms with E-state index in [-0.39, 0.29) is 5.92 Å². The molecule has 1 nitrogen and oxygen atoms in total. The largest absolute Gasteiger partial charge is 0.314 e. The third-order valence-electron chi connectivity index (χ3n) is 3.33. The van der Waals surface area contributed by atoms with Crippen LogP contribution in [0.3, 0.4) is 0 Å². The molecule has 2 unspecified atom stereocenters. The van der Waals surface area contributed by atoms with Crippen molar-refractivity contribution in [2.24, 2.45) is 0 Å². The zero-order valence-electron chi connectivity index (χ0n) is 9.88. The lowest BCUT2D eigenvalue weighted by Gasteiger charge is -2.27. The number of piperidine rings is 1. The van der Waals surface area contributed by atoms with E-state index in [0.717, 1.165) is 25.8 Å². The van der Waals surface area contributed by atoms with Crippen LogP contribution in [0.2, 0.25) is 0 Å². The van der Waals surface area contributed by atoms with Crippen LogP contribution in [0.1, 0.15) is 36.8 Å². The minimum atomic E-state index is -0.731. The molecule has 0 bridgehead atoms. The molecule has 1 saturated heterocycles. The van der Waals surface area contributed by atoms with Gasteiger partial charge in [-0.15, -0.1) is 0 Å². The van der Waals surface area contributed by atoms with Crippen molar-refractivity contribution in [1.82, 2.24) is 5.32 Å². The Morgan fingerprint density at radius 3 is 3.06 bits per heavy atom. The number of nitrogens with one attached hydrogen (secondary N) is 1. The second-order valence-electron chi connectivity index (χ2n) is 4.61. The van der Waals surface area contributed by atoms with Gasteiger partial charge in [0.05, 0.1) is 0 Å². The van der Waals surface area contributed by atoms with Gasteiger partial charge in [-0.3, -0.25) is 0 Å². The summed E-state index contributed by atoms with van der Waals surface area (Å²) in [5, 5.41) is 3.10. The maximum atomic E-state index is 13.8. The van der Waals surface area contributed by atoms with E-state index in [0.29, 0.717) is 6.54 Å². The fraction of sp³-hybridized carbons (Fsp3) is 0.571. The standard InChI is InChI=1S/C14H20FN/c1-2-4-11-5-3-6-12(9-11)13-7-8-16-10-14(13)15/h3,5-6,9,13-14,16H,2,4,7-8,10H2,1H3. The molecule has 2 rings (SSSR count). The predicted octanol–water partition coefficient (Wildman–Crippen LogP) is 3.05. The second kappa shape index (κ2) is 5.44. The normalized spacial score (nSPS) is 25.6. The SMILES string of the molecule is CCCc1cccc(C2CCNCC2F)c1. The number of aryl methyl sites for hydroxylation is 1. The maximum Gasteiger partial charge on any atom is 0.119 e. The molecule has 1 aliphatic heterocycles. The molecule has 0 amide bonds. The molecule has 1 aliphatic rings. The van der Waals surface area contributed by atoms with E-state index < -0.39 is 6.17 Å². The zero-order chi connectivity index (χ0) is 11.4. The van der Waals surface area contributed by atoms with Crippen LogP contribution in [-0.4, -0.2) is 19.3 Å². The number of halogens is 1. The van der Waals surface area contributed by atoms with E-state index in [1.807, 2.05) is 0 Å². The van der Waals surface area contributed by atoms with Crippen molar-refractivity contribution < 1.29 is 4.39 Å². The summed E-state index contributed by atoms with van der Waals surface area (Å²) in [7, 11) is 0. The summed E-state index contributed by atoms with van der Waals surface area (Å²) in [6.45, 7) is 3.61. The number of rotatable bonds is 3. The lowest BCUT2D eigenvalue weighted by Crippen LogP contribution is -2.36. The molecular formula is C14H20FN. The van der Waals surface area contributed by atoms with Crippen molar-refractivity contribution in [1.29, 1.82) is 0 Å². The van der Waals surface area contributed by atoms with E-state index in [9.17, 15) is 4.39 Å². The lowest BCUT2D eigenvalue weighted by atomic mass is 9.87. The Bertz CT molecular complexity index is 337. The molecule has 1 N–H and O–H groups in total. The highest BCUT2D eigenvalue weighted by Crippen LogP contribution is 2.28. The van der Waals surface area contributed by atoms with Gasteiger partial charge in [-0.25, -0.2) is 4.39 Å². The average Bonchev–Trinajstić information content (AvgIpc) is 2.30. The van der Waals surface area contributed by atoms with Gasteiger partial charge in [0.2, 0.25) is 0 Å². The molecular weight excluding hydrogens is 201 g/mol. The van der Waals surface area contributed by atoms with Crippen LogP contribution in [0, 0.1) is 0 Å². The Labute approximate surface area is 97.1 Å². The molecule has 0 spiro atoms. The van der Waals surface area contributed by atoms with Gasteiger partial charge in [-0.05, 0) is 30.5 Å². The Hall–Kier alpha value is -0.890. The fourth-order valence-electron chi connectivity index (χ4n) is 2.46. The Morgan fingerprint density at radius 2 is 2.31 bits per heavy atom. The minimum absolute atomic E-state index is 0.0954. The molecule has 0 aromatic heterocycles. The van der Waals surface area contributed by atoms with Crippen LogP contribution in [0.4, 0.5) is 4.39 Å². The van der Waals surface area contributed by atoms with Gasteiger partial charge >= 0.3 is 0 Å². The molecule has 0 aliphatic carbocycles. The van der Waals surface area contributed by atoms with Crippen molar-refractivity contribution in [2.45, 2.75) is 38.3 Å². The smallest absolute Gasteiger partial charge is 0.119 e. The first-order chi connectivity index (χ1) is 7.81. The Balaban J connectivity index is 2.15. The first-order valence-corrected chi connectivity index (χ1v) is 6.25. The van der Waals surface area contributed by atoms with Crippen molar-refractivity contribution in [3.8, 4) is 0 Å². The summed E-state index contributed by atoms with van der Waals surface area (Å²) in [6, 6.07) is 8.46. The van der Waals surface area contributed by atoms with Gasteiger partial charge in [0, 0.05) is 12.5 Å². The molecule has 0 saturated carbocycles. The van der Waals surface area contributed by atoms with Gasteiger partial charge in [-0.2, -0.15) is 0 Å². The van der Waals surface area contributed by atoms with Crippen LogP contribution >= 0.6 is 0 Å². The number of hydrogen-bond acceptors (Lipinski definition) is 1. The van der Waals surface area contributed by atoms with Crippen LogP contribution in [-0.2, 0) is 6.42 Å². The molecule has 1 heterocycles. The number of hydrogen-bond donors (Lipinski definition) is 1. The summed E-state index contributed by atoms with van der Waals surface area (Å²) in [6.07, 6.45) is 2.42. The summed E-state index contributed by atoms with van der Waals surface area (Å²) >= 11 is 0. The lowest BCUT2D eigenvalue weighted by molar-refractivity contribution is 0.231. The average molecular weight is 221 g/mol. The van der Waals surface area contributed by atoms with E-state index in [1.54, 1.807) is 0 Å². The summed E-state index contributed by atoms with van der Waals surface area (Å²) in [5.74, 6) is 0.0954. The minimum Gasteiger partial charge on any atom is -0.314 e. The predicted molar refractivity (Wildman–Crippen MR) is 65.6 cm³/mol. The van der Waals surface area contributed by atoms with Crippen LogP contribution in [0.15, 0.2) is 24.3 Å². The molecule has 2 atom stereocenters. The summed E-state index contributed by atoms with van der Waals surface area (Å²) < 4.78 is 13.8. The van der Waals surface area contributed by atoms with Crippen molar-refractivity contribution >= 4 is 0 Å². The number of alkyl halides is 1. The third kappa shape index (κ3) is 2.62. The molecule has 2 heteroatoms. The highest BCUT2D eigenvalue weighted by Gasteiger charge is 2.25. The van der Waals surface area contributed by atoms with Crippen LogP contribution in [0.25, 0.3) is 0 Å². The first kappa shape index (κ1) is 11.6. The van der Waals surface area contributed by atoms with Gasteiger partial charge in [0.1, 0.15) is 6.17 Å². The maximum absolute atomic E-state index is 13.8. The second-order valence-corrected chi connectivity index (χ2v) is 4.61. The van der Waals surface area contributed by atoms with Gasteiger partial charge < -0.3 is 5.32 Å². The van der Waals surface area contributed by atoms with Crippen LogP contribution < -0.4 is 5.32 Å². The third-order valence-corrected chi connectivity index (χ3v) is 3.33. The molecule has 88 valence electrons. The molecule has 0 radical (unpaired) electrons. The molecule has 1 aromatic carbocycles. The molecule has 1 fully saturated rings. The summed E-state index contributed by atoms with van der Waals surface area (Å²) in [4.78, 5) is 0. The van der Waals surface area contributed by atoms with Gasteiger partial charge in [0.15, 0.2) is 0 Å². The fourth-order valence-corrected chi connectivity index (χ4v) is 2.46. The Morgan fingerprint density at radius 1 is 1.44 bits per heavy atom. The van der Waals surface area contributed by atoms with Gasteiger partial charge in [-0.1, -0.05) is 37.6 Å². The van der Waals surface area contributed by atoms with E-state index in [2.05, 4.69) is 36.5 Å². The van der Waals surface area contributed by atoms with Gasteiger partial charge in [0.25, 0.3) is 0 Å². The van der Waals surface area contributed by atoms with Crippen molar-refractivity contribution in [3.63, 3.8) is 0 Å². The monoisotopic (exact) mass is 221 g/mol. The number of benzene rings is 1. The first-order valence-electron chi connectivity index (χ1n) is 6.25. The summed E-state index contributed by atoms with van der Waals surface area (Å²) in [5.41, 5.74) is 2.52. The van der Waals surface area contributed by atoms with Crippen molar-refractivity contribution in [3.05, 3.63) is 35.4 Å².